The molecule has 2 heteroatoms. The third kappa shape index (κ3) is 3.68. The van der Waals surface area contributed by atoms with E-state index in [0.717, 1.165) is 27.6 Å². The smallest absolute Gasteiger partial charge is 0.0728 e. The minimum Gasteiger partial charge on any atom is -0.309 e. The van der Waals surface area contributed by atoms with E-state index >= 15 is 0 Å². The number of benzene rings is 7. The molecule has 2 aliphatic rings. The molecule has 0 bridgehead atoms. The first-order valence-corrected chi connectivity index (χ1v) is 15.8. The van der Waals surface area contributed by atoms with Crippen LogP contribution in [-0.2, 0) is 5.41 Å². The quantitative estimate of drug-likeness (QED) is 0.196. The van der Waals surface area contributed by atoms with Crippen molar-refractivity contribution in [3.63, 3.8) is 0 Å². The molecule has 2 aliphatic carbocycles. The largest absolute Gasteiger partial charge is 0.309 e. The number of fused-ring (bicyclic) bond motifs is 10. The monoisotopic (exact) mass is 593 g/mol. The minimum atomic E-state index is -0.420. The zero-order valence-electron chi connectivity index (χ0n) is 24.5. The van der Waals surface area contributed by atoms with Gasteiger partial charge in [-0.25, -0.2) is 0 Å². The molecule has 1 spiro atoms. The Labute approximate surface area is 268 Å². The summed E-state index contributed by atoms with van der Waals surface area (Å²) in [5, 5.41) is 0.759. The van der Waals surface area contributed by atoms with E-state index in [-0.39, 0.29) is 0 Å². The molecule has 45 heavy (non-hydrogen) atoms. The number of nitrogens with zero attached hydrogens (tertiary/aromatic N) is 1. The Morgan fingerprint density at radius 3 is 1.47 bits per heavy atom. The number of para-hydroxylation sites is 1. The van der Waals surface area contributed by atoms with E-state index in [1.165, 1.54) is 50.1 Å². The highest BCUT2D eigenvalue weighted by Crippen LogP contribution is 2.64. The molecule has 0 radical (unpaired) electrons. The number of anilines is 3. The first kappa shape index (κ1) is 26.1. The molecule has 9 rings (SSSR count). The van der Waals surface area contributed by atoms with Gasteiger partial charge < -0.3 is 4.90 Å². The number of hydrogen-bond acceptors (Lipinski definition) is 1. The van der Waals surface area contributed by atoms with Crippen molar-refractivity contribution >= 4 is 28.7 Å². The topological polar surface area (TPSA) is 3.24 Å². The Balaban J connectivity index is 1.28. The Kier molecular flexibility index (Phi) is 5.84. The van der Waals surface area contributed by atoms with Gasteiger partial charge in [0.1, 0.15) is 0 Å². The van der Waals surface area contributed by atoms with Crippen molar-refractivity contribution in [3.05, 3.63) is 197 Å². The summed E-state index contributed by atoms with van der Waals surface area (Å²) in [5.74, 6) is 0. The molecule has 7 aromatic rings. The van der Waals surface area contributed by atoms with Crippen LogP contribution in [0.15, 0.2) is 170 Å². The molecule has 0 unspecified atom stereocenters. The van der Waals surface area contributed by atoms with Gasteiger partial charge in [0.15, 0.2) is 0 Å². The number of hydrogen-bond donors (Lipinski definition) is 0. The molecular formula is C43H28ClN. The third-order valence-corrected chi connectivity index (χ3v) is 9.95. The maximum atomic E-state index is 7.68. The molecule has 0 N–H and O–H groups in total. The van der Waals surface area contributed by atoms with Gasteiger partial charge in [-0.1, -0.05) is 151 Å². The fraction of sp³-hybridized carbons (Fsp3) is 0.0233. The second kappa shape index (κ2) is 10.1. The van der Waals surface area contributed by atoms with Gasteiger partial charge >= 0.3 is 0 Å². The van der Waals surface area contributed by atoms with Gasteiger partial charge in [0.25, 0.3) is 0 Å². The Morgan fingerprint density at radius 2 is 0.844 bits per heavy atom. The van der Waals surface area contributed by atoms with Crippen molar-refractivity contribution in [3.8, 4) is 33.4 Å². The average Bonchev–Trinajstić information content (AvgIpc) is 3.58. The Hall–Kier alpha value is -5.37. The summed E-state index contributed by atoms with van der Waals surface area (Å²) in [5.41, 5.74) is 15.1. The van der Waals surface area contributed by atoms with Crippen LogP contribution < -0.4 is 4.90 Å². The highest BCUT2D eigenvalue weighted by Gasteiger charge is 2.52. The standard InChI is InChI=1S/C43H28ClN/c44-42-40(45(31-15-5-2-6-16-31)32-25-23-30(24-26-32)29-13-3-1-4-14-29)28-27-39-41(42)35-19-9-12-22-38(35)43(39)36-20-10-7-17-33(36)34-18-8-11-21-37(34)43/h1-28H. The fourth-order valence-corrected chi connectivity index (χ4v) is 8.09. The fourth-order valence-electron chi connectivity index (χ4n) is 7.74. The van der Waals surface area contributed by atoms with E-state index in [2.05, 4.69) is 175 Å². The lowest BCUT2D eigenvalue weighted by Gasteiger charge is -2.31. The predicted molar refractivity (Wildman–Crippen MR) is 188 cm³/mol. The first-order chi connectivity index (χ1) is 22.3. The van der Waals surface area contributed by atoms with Crippen molar-refractivity contribution in [1.29, 1.82) is 0 Å². The first-order valence-electron chi connectivity index (χ1n) is 15.4. The third-order valence-electron chi connectivity index (χ3n) is 9.57. The van der Waals surface area contributed by atoms with Gasteiger partial charge in [-0.2, -0.15) is 0 Å². The van der Waals surface area contributed by atoms with Crippen LogP contribution in [0.2, 0.25) is 5.02 Å². The SMILES string of the molecule is Clc1c(N(c2ccccc2)c2ccc(-c3ccccc3)cc2)ccc2c1-c1ccccc1C21c2ccccc2-c2ccccc21. The summed E-state index contributed by atoms with van der Waals surface area (Å²) < 4.78 is 0. The van der Waals surface area contributed by atoms with Crippen molar-refractivity contribution in [2.45, 2.75) is 5.41 Å². The van der Waals surface area contributed by atoms with Crippen LogP contribution >= 0.6 is 11.6 Å². The molecule has 212 valence electrons. The van der Waals surface area contributed by atoms with Crippen molar-refractivity contribution in [1.82, 2.24) is 0 Å². The van der Waals surface area contributed by atoms with Crippen LogP contribution in [-0.4, -0.2) is 0 Å². The molecule has 0 amide bonds. The molecule has 0 atom stereocenters. The zero-order valence-corrected chi connectivity index (χ0v) is 25.2. The lowest BCUT2D eigenvalue weighted by atomic mass is 9.70. The van der Waals surface area contributed by atoms with Crippen LogP contribution in [0.1, 0.15) is 22.3 Å². The molecule has 0 heterocycles. The molecule has 0 saturated heterocycles. The molecule has 0 aromatic heterocycles. The van der Waals surface area contributed by atoms with E-state index in [0.29, 0.717) is 0 Å². The van der Waals surface area contributed by atoms with Crippen molar-refractivity contribution in [2.24, 2.45) is 0 Å². The maximum Gasteiger partial charge on any atom is 0.0728 e. The van der Waals surface area contributed by atoms with E-state index < -0.39 is 5.41 Å². The summed E-state index contributed by atoms with van der Waals surface area (Å²) in [6.07, 6.45) is 0. The lowest BCUT2D eigenvalue weighted by Crippen LogP contribution is -2.25. The zero-order chi connectivity index (χ0) is 30.0. The van der Waals surface area contributed by atoms with Crippen LogP contribution in [0.5, 0.6) is 0 Å². The minimum absolute atomic E-state index is 0.420. The Morgan fingerprint density at radius 1 is 0.378 bits per heavy atom. The van der Waals surface area contributed by atoms with Gasteiger partial charge in [0.2, 0.25) is 0 Å². The molecule has 0 saturated carbocycles. The second-order valence-electron chi connectivity index (χ2n) is 11.8. The van der Waals surface area contributed by atoms with Gasteiger partial charge in [0.05, 0.1) is 16.1 Å². The lowest BCUT2D eigenvalue weighted by molar-refractivity contribution is 0.794. The summed E-state index contributed by atoms with van der Waals surface area (Å²) >= 11 is 7.68. The summed E-state index contributed by atoms with van der Waals surface area (Å²) in [7, 11) is 0. The highest BCUT2D eigenvalue weighted by molar-refractivity contribution is 6.37. The Bertz CT molecular complexity index is 2170. The van der Waals surface area contributed by atoms with Gasteiger partial charge in [-0.3, -0.25) is 0 Å². The number of rotatable bonds is 4. The van der Waals surface area contributed by atoms with Crippen LogP contribution in [0, 0.1) is 0 Å². The molecular weight excluding hydrogens is 566 g/mol. The van der Waals surface area contributed by atoms with E-state index in [9.17, 15) is 0 Å². The average molecular weight is 594 g/mol. The molecule has 7 aromatic carbocycles. The second-order valence-corrected chi connectivity index (χ2v) is 12.2. The molecule has 1 nitrogen and oxygen atoms in total. The predicted octanol–water partition coefficient (Wildman–Crippen LogP) is 11.8. The summed E-state index contributed by atoms with van der Waals surface area (Å²) in [6, 6.07) is 60.9. The molecule has 0 aliphatic heterocycles. The molecule has 0 fully saturated rings. The maximum absolute atomic E-state index is 7.68. The highest BCUT2D eigenvalue weighted by atomic mass is 35.5. The van der Waals surface area contributed by atoms with E-state index in [4.69, 9.17) is 11.6 Å². The normalized spacial score (nSPS) is 13.2. The van der Waals surface area contributed by atoms with Crippen molar-refractivity contribution in [2.75, 3.05) is 4.90 Å². The van der Waals surface area contributed by atoms with Crippen LogP contribution in [0.25, 0.3) is 33.4 Å². The number of halogens is 1. The summed E-state index contributed by atoms with van der Waals surface area (Å²) in [4.78, 5) is 2.28. The van der Waals surface area contributed by atoms with E-state index in [1.807, 2.05) is 0 Å². The van der Waals surface area contributed by atoms with Crippen LogP contribution in [0.3, 0.4) is 0 Å². The van der Waals surface area contributed by atoms with Crippen molar-refractivity contribution < 1.29 is 0 Å². The van der Waals surface area contributed by atoms with E-state index in [1.54, 1.807) is 0 Å². The van der Waals surface area contributed by atoms with Gasteiger partial charge in [-0.15, -0.1) is 0 Å². The van der Waals surface area contributed by atoms with Crippen LogP contribution in [0.4, 0.5) is 17.1 Å². The summed E-state index contributed by atoms with van der Waals surface area (Å²) in [6.45, 7) is 0. The van der Waals surface area contributed by atoms with Gasteiger partial charge in [0, 0.05) is 16.9 Å². The van der Waals surface area contributed by atoms with Gasteiger partial charge in [-0.05, 0) is 80.4 Å².